The molecule has 0 N–H and O–H groups in total. The molecule has 1 aromatic rings. The van der Waals surface area contributed by atoms with Gasteiger partial charge in [0.2, 0.25) is 0 Å². The van der Waals surface area contributed by atoms with Crippen molar-refractivity contribution in [1.29, 1.82) is 0 Å². The summed E-state index contributed by atoms with van der Waals surface area (Å²) in [5.41, 5.74) is 8.92. The first-order valence-electron chi connectivity index (χ1n) is 10.9. The Bertz CT molecular complexity index is 829. The van der Waals surface area contributed by atoms with E-state index in [2.05, 4.69) is 54.6 Å². The summed E-state index contributed by atoms with van der Waals surface area (Å²) in [6, 6.07) is 12.7. The Hall–Kier alpha value is -0.140. The molecule has 29 heavy (non-hydrogen) atoms. The molecule has 5 rings (SSSR count). The molecule has 0 nitrogen and oxygen atoms in total. The van der Waals surface area contributed by atoms with Crippen LogP contribution in [0.3, 0.4) is 0 Å². The van der Waals surface area contributed by atoms with Crippen LogP contribution >= 0.6 is 0 Å². The van der Waals surface area contributed by atoms with E-state index in [1.165, 1.54) is 57.4 Å². The van der Waals surface area contributed by atoms with Gasteiger partial charge in [-0.15, -0.1) is 0 Å². The molecule has 0 spiro atoms. The molecule has 0 aromatic heterocycles. The van der Waals surface area contributed by atoms with E-state index >= 15 is 0 Å². The van der Waals surface area contributed by atoms with Crippen molar-refractivity contribution in [3.05, 3.63) is 82.5 Å². The Labute approximate surface area is 197 Å². The van der Waals surface area contributed by atoms with Crippen molar-refractivity contribution >= 4 is 6.16 Å². The predicted molar refractivity (Wildman–Crippen MR) is 114 cm³/mol. The first-order chi connectivity index (χ1) is 13.4. The van der Waals surface area contributed by atoms with E-state index in [-0.39, 0.29) is 24.8 Å². The number of hydrogen-bond acceptors (Lipinski definition) is 0. The third-order valence-corrected chi connectivity index (χ3v) is 23.5. The minimum atomic E-state index is -1.62. The zero-order valence-electron chi connectivity index (χ0n) is 17.0. The normalized spacial score (nSPS) is 24.2. The summed E-state index contributed by atoms with van der Waals surface area (Å²) < 4.78 is 1.84. The largest absolute Gasteiger partial charge is 1.00 e. The van der Waals surface area contributed by atoms with Gasteiger partial charge in [-0.05, 0) is 0 Å². The maximum atomic E-state index is 2.69. The molecule has 0 saturated heterocycles. The molecule has 4 heteroatoms. The molecule has 0 bridgehead atoms. The van der Waals surface area contributed by atoms with Crippen molar-refractivity contribution in [2.45, 2.75) is 64.7 Å². The van der Waals surface area contributed by atoms with Gasteiger partial charge in [-0.25, -0.2) is 0 Å². The third-order valence-electron chi connectivity index (χ3n) is 6.97. The van der Waals surface area contributed by atoms with Crippen LogP contribution in [0.5, 0.6) is 0 Å². The Morgan fingerprint density at radius 1 is 0.724 bits per heavy atom. The molecule has 1 aromatic carbocycles. The monoisotopic (exact) mass is 518 g/mol. The Morgan fingerprint density at radius 2 is 1.24 bits per heavy atom. The average Bonchev–Trinajstić information content (AvgIpc) is 3.34. The smallest absolute Gasteiger partial charge is 1.00 e. The molecular weight excluding hydrogens is 490 g/mol. The van der Waals surface area contributed by atoms with E-state index in [4.69, 9.17) is 0 Å². The number of hydrogen-bond donors (Lipinski definition) is 0. The molecule has 4 aliphatic rings. The first-order valence-corrected chi connectivity index (χ1v) is 19.4. The fraction of sp³-hybridized carbons (Fsp3) is 0.440. The van der Waals surface area contributed by atoms with Crippen LogP contribution in [0.15, 0.2) is 76.9 Å². The molecule has 0 radical (unpaired) electrons. The Kier molecular flexibility index (Phi) is 8.87. The zero-order chi connectivity index (χ0) is 18.1. The van der Waals surface area contributed by atoms with Crippen LogP contribution in [0.2, 0.25) is 7.25 Å². The average molecular weight is 521 g/mol. The van der Waals surface area contributed by atoms with Crippen molar-refractivity contribution < 1.29 is 45.2 Å². The molecule has 0 heterocycles. The van der Waals surface area contributed by atoms with E-state index < -0.39 is 20.4 Å². The summed E-state index contributed by atoms with van der Waals surface area (Å²) in [7, 11) is 0. The number of rotatable bonds is 4. The van der Waals surface area contributed by atoms with Crippen LogP contribution in [0.25, 0.3) is 0 Å². The second-order valence-corrected chi connectivity index (χ2v) is 21.9. The van der Waals surface area contributed by atoms with E-state index in [0.717, 1.165) is 7.25 Å². The molecule has 0 amide bonds. The maximum absolute atomic E-state index is 2.69. The van der Waals surface area contributed by atoms with Crippen molar-refractivity contribution in [1.82, 2.24) is 0 Å². The van der Waals surface area contributed by atoms with Crippen LogP contribution in [0.1, 0.15) is 56.9 Å². The van der Waals surface area contributed by atoms with Crippen LogP contribution in [-0.4, -0.2) is 6.16 Å². The van der Waals surface area contributed by atoms with E-state index in [1.54, 1.807) is 16.7 Å². The fourth-order valence-electron chi connectivity index (χ4n) is 5.57. The van der Waals surface area contributed by atoms with E-state index in [1.807, 2.05) is 11.1 Å². The topological polar surface area (TPSA) is 0 Å². The second kappa shape index (κ2) is 10.9. The zero-order valence-corrected chi connectivity index (χ0v) is 22.2. The van der Waals surface area contributed by atoms with Crippen molar-refractivity contribution in [3.63, 3.8) is 0 Å². The minimum Gasteiger partial charge on any atom is -1.00 e. The summed E-state index contributed by atoms with van der Waals surface area (Å²) in [6.45, 7) is 0. The summed E-state index contributed by atoms with van der Waals surface area (Å²) in [5.74, 6) is 0. The van der Waals surface area contributed by atoms with Gasteiger partial charge in [-0.1, -0.05) is 0 Å². The Balaban J connectivity index is 0.00000120. The fourth-order valence-corrected chi connectivity index (χ4v) is 23.9. The molecule has 0 aliphatic heterocycles. The van der Waals surface area contributed by atoms with Gasteiger partial charge in [-0.2, -0.15) is 0 Å². The SMILES string of the molecule is C1=C[CH]([Zr+2](=[SiH]Cc2ccccc2)[CH]2C=CC3=C2CCCC3)C2=C1CCCC2.[Cl-].[Cl-]. The van der Waals surface area contributed by atoms with Gasteiger partial charge in [0.15, 0.2) is 0 Å². The van der Waals surface area contributed by atoms with Gasteiger partial charge in [-0.3, -0.25) is 0 Å². The van der Waals surface area contributed by atoms with Gasteiger partial charge in [0.25, 0.3) is 0 Å². The molecule has 0 fully saturated rings. The number of halogens is 2. The van der Waals surface area contributed by atoms with Gasteiger partial charge in [0.05, 0.1) is 0 Å². The molecule has 0 saturated carbocycles. The standard InChI is InChI=1S/2C9H11.C7H8Si.2ClH.Zr/c2*1-2-5-9-7-3-6-8(9)4-1;8-6-7-4-2-1-3-5-7;;;/h2*3,6-7H,1-2,4-5H2;1-5,8H,6H2;2*1H;/q;;;;;+2/p-2. The van der Waals surface area contributed by atoms with Crippen LogP contribution in [0, 0.1) is 0 Å². The van der Waals surface area contributed by atoms with Crippen molar-refractivity contribution in [3.8, 4) is 0 Å². The summed E-state index contributed by atoms with van der Waals surface area (Å²) >= 11 is -1.62. The summed E-state index contributed by atoms with van der Waals surface area (Å²) in [4.78, 5) is 0. The second-order valence-electron chi connectivity index (χ2n) is 8.58. The quantitative estimate of drug-likeness (QED) is 0.511. The van der Waals surface area contributed by atoms with Crippen LogP contribution in [0.4, 0.5) is 0 Å². The number of allylic oxidation sites excluding steroid dienone is 8. The van der Waals surface area contributed by atoms with E-state index in [9.17, 15) is 0 Å². The van der Waals surface area contributed by atoms with Gasteiger partial charge in [0.1, 0.15) is 0 Å². The van der Waals surface area contributed by atoms with Crippen LogP contribution < -0.4 is 24.8 Å². The van der Waals surface area contributed by atoms with Crippen molar-refractivity contribution in [2.24, 2.45) is 0 Å². The summed E-state index contributed by atoms with van der Waals surface area (Å²) in [5, 5.41) is 0. The van der Waals surface area contributed by atoms with Crippen LogP contribution in [-0.2, 0) is 26.4 Å². The predicted octanol–water partition coefficient (Wildman–Crippen LogP) is 0.622. The Morgan fingerprint density at radius 3 is 1.79 bits per heavy atom. The molecule has 152 valence electrons. The molecule has 4 aliphatic carbocycles. The van der Waals surface area contributed by atoms with Gasteiger partial charge >= 0.3 is 174 Å². The first kappa shape index (κ1) is 23.5. The third kappa shape index (κ3) is 5.03. The van der Waals surface area contributed by atoms with E-state index in [0.29, 0.717) is 6.16 Å². The van der Waals surface area contributed by atoms with Gasteiger partial charge < -0.3 is 24.8 Å². The minimum absolute atomic E-state index is 0. The summed E-state index contributed by atoms with van der Waals surface area (Å²) in [6.07, 6.45) is 22.4. The van der Waals surface area contributed by atoms with Crippen molar-refractivity contribution in [2.75, 3.05) is 0 Å². The molecule has 2 unspecified atom stereocenters. The molecular formula is C25H30Cl2SiZr. The molecule has 2 atom stereocenters. The number of benzene rings is 1. The maximum Gasteiger partial charge on any atom is -1.00 e. The van der Waals surface area contributed by atoms with Gasteiger partial charge in [0, 0.05) is 0 Å².